The average Bonchev–Trinajstić information content (AvgIpc) is 2.83. The molecule has 0 aromatic heterocycles. The number of guanidine groups is 1. The summed E-state index contributed by atoms with van der Waals surface area (Å²) in [7, 11) is 0. The number of carboxylic acid groups (broad SMARTS) is 1. The van der Waals surface area contributed by atoms with Crippen molar-refractivity contribution in [3.63, 3.8) is 0 Å². The van der Waals surface area contributed by atoms with Crippen LogP contribution in [0.25, 0.3) is 0 Å². The molecule has 212 valence electrons. The first-order valence-corrected chi connectivity index (χ1v) is 12.5. The van der Waals surface area contributed by atoms with Gasteiger partial charge in [-0.25, -0.2) is 4.79 Å². The molecular formula is C25H41N7O6. The third-order valence-electron chi connectivity index (χ3n) is 5.60. The predicted octanol–water partition coefficient (Wildman–Crippen LogP) is -1.42. The van der Waals surface area contributed by atoms with Gasteiger partial charge in [-0.2, -0.15) is 0 Å². The first-order valence-electron chi connectivity index (χ1n) is 12.5. The highest BCUT2D eigenvalue weighted by atomic mass is 16.4. The van der Waals surface area contributed by atoms with Gasteiger partial charge in [0.2, 0.25) is 17.7 Å². The molecule has 0 fully saturated rings. The summed E-state index contributed by atoms with van der Waals surface area (Å²) in [5, 5.41) is 27.2. The number of carbonyl (C=O) groups excluding carboxylic acids is 3. The highest BCUT2D eigenvalue weighted by Gasteiger charge is 2.32. The van der Waals surface area contributed by atoms with Crippen molar-refractivity contribution in [3.05, 3.63) is 35.9 Å². The van der Waals surface area contributed by atoms with Crippen molar-refractivity contribution in [3.8, 4) is 0 Å². The van der Waals surface area contributed by atoms with E-state index in [2.05, 4.69) is 20.9 Å². The molecule has 0 spiro atoms. The van der Waals surface area contributed by atoms with E-state index < -0.39 is 54.0 Å². The molecule has 0 bridgehead atoms. The van der Waals surface area contributed by atoms with Gasteiger partial charge in [-0.1, -0.05) is 44.2 Å². The SMILES string of the molecule is CC(C)CC(NC(=O)C(Cc1ccccc1)NC(=O)C(NC(=O)C(N)CCCN=C(N)N)C(C)O)C(=O)O. The van der Waals surface area contributed by atoms with E-state index in [1.807, 2.05) is 13.8 Å². The molecule has 0 saturated heterocycles. The zero-order chi connectivity index (χ0) is 28.8. The Labute approximate surface area is 222 Å². The van der Waals surface area contributed by atoms with Crippen molar-refractivity contribution in [1.82, 2.24) is 16.0 Å². The van der Waals surface area contributed by atoms with Crippen LogP contribution in [0, 0.1) is 5.92 Å². The number of rotatable bonds is 16. The van der Waals surface area contributed by atoms with Gasteiger partial charge in [0.1, 0.15) is 18.1 Å². The normalized spacial score (nSPS) is 14.9. The molecule has 1 aromatic carbocycles. The highest BCUT2D eigenvalue weighted by molar-refractivity contribution is 5.94. The van der Waals surface area contributed by atoms with Crippen LogP contribution in [0.5, 0.6) is 0 Å². The van der Waals surface area contributed by atoms with Gasteiger partial charge in [-0.15, -0.1) is 0 Å². The largest absolute Gasteiger partial charge is 0.480 e. The molecule has 11 N–H and O–H groups in total. The standard InChI is InChI=1S/C25H41N7O6/c1-14(2)12-19(24(37)38)31-22(35)18(13-16-8-5-4-6-9-16)30-23(36)20(15(3)33)32-21(34)17(26)10-7-11-29-25(27)28/h4-6,8-9,14-15,17-20,33H,7,10-13,26H2,1-3H3,(H,30,36)(H,31,35)(H,32,34)(H,37,38)(H4,27,28,29). The number of amides is 3. The third-order valence-corrected chi connectivity index (χ3v) is 5.60. The molecule has 0 heterocycles. The van der Waals surface area contributed by atoms with Crippen molar-refractivity contribution in [2.24, 2.45) is 28.1 Å². The van der Waals surface area contributed by atoms with Crippen LogP contribution in [-0.2, 0) is 25.6 Å². The number of nitrogens with two attached hydrogens (primary N) is 3. The smallest absolute Gasteiger partial charge is 0.326 e. The summed E-state index contributed by atoms with van der Waals surface area (Å²) < 4.78 is 0. The van der Waals surface area contributed by atoms with Crippen LogP contribution in [0.2, 0.25) is 0 Å². The summed E-state index contributed by atoms with van der Waals surface area (Å²) in [4.78, 5) is 54.3. The third kappa shape index (κ3) is 12.0. The molecule has 38 heavy (non-hydrogen) atoms. The van der Waals surface area contributed by atoms with E-state index in [-0.39, 0.29) is 37.7 Å². The predicted molar refractivity (Wildman–Crippen MR) is 143 cm³/mol. The van der Waals surface area contributed by atoms with E-state index in [1.165, 1.54) is 6.92 Å². The van der Waals surface area contributed by atoms with Gasteiger partial charge in [-0.3, -0.25) is 19.4 Å². The van der Waals surface area contributed by atoms with Gasteiger partial charge >= 0.3 is 5.97 Å². The number of aliphatic imine (C=N–C) groups is 1. The lowest BCUT2D eigenvalue weighted by Crippen LogP contribution is -2.60. The summed E-state index contributed by atoms with van der Waals surface area (Å²) in [6.45, 7) is 5.23. The minimum Gasteiger partial charge on any atom is -0.480 e. The van der Waals surface area contributed by atoms with Crippen LogP contribution < -0.4 is 33.2 Å². The maximum absolute atomic E-state index is 13.1. The Balaban J connectivity index is 3.00. The highest BCUT2D eigenvalue weighted by Crippen LogP contribution is 2.09. The molecule has 0 radical (unpaired) electrons. The monoisotopic (exact) mass is 535 g/mol. The van der Waals surface area contributed by atoms with Crippen LogP contribution in [-0.4, -0.2) is 76.7 Å². The number of nitrogens with one attached hydrogen (secondary N) is 3. The number of carbonyl (C=O) groups is 4. The van der Waals surface area contributed by atoms with Gasteiger partial charge in [0.05, 0.1) is 12.1 Å². The van der Waals surface area contributed by atoms with Crippen LogP contribution in [0.15, 0.2) is 35.3 Å². The van der Waals surface area contributed by atoms with E-state index in [0.29, 0.717) is 12.0 Å². The minimum absolute atomic E-state index is 0.00271. The molecule has 1 rings (SSSR count). The van der Waals surface area contributed by atoms with E-state index in [4.69, 9.17) is 17.2 Å². The molecular weight excluding hydrogens is 494 g/mol. The quantitative estimate of drug-likeness (QED) is 0.0703. The molecule has 5 atom stereocenters. The van der Waals surface area contributed by atoms with Gasteiger partial charge < -0.3 is 43.4 Å². The number of hydrogen-bond acceptors (Lipinski definition) is 7. The van der Waals surface area contributed by atoms with Crippen LogP contribution in [0.3, 0.4) is 0 Å². The van der Waals surface area contributed by atoms with Gasteiger partial charge in [0.15, 0.2) is 5.96 Å². The maximum Gasteiger partial charge on any atom is 0.326 e. The Morgan fingerprint density at radius 1 is 0.921 bits per heavy atom. The molecule has 13 heteroatoms. The van der Waals surface area contributed by atoms with Crippen molar-refractivity contribution in [2.45, 2.75) is 76.7 Å². The first-order chi connectivity index (χ1) is 17.8. The number of aliphatic hydroxyl groups excluding tert-OH is 1. The summed E-state index contributed by atoms with van der Waals surface area (Å²) in [5.74, 6) is -3.49. The summed E-state index contributed by atoms with van der Waals surface area (Å²) in [6.07, 6.45) is -0.431. The van der Waals surface area contributed by atoms with E-state index in [0.717, 1.165) is 0 Å². The minimum atomic E-state index is -1.41. The number of nitrogens with zero attached hydrogens (tertiary/aromatic N) is 1. The Morgan fingerprint density at radius 3 is 2.05 bits per heavy atom. The van der Waals surface area contributed by atoms with Crippen molar-refractivity contribution in [1.29, 1.82) is 0 Å². The summed E-state index contributed by atoms with van der Waals surface area (Å²) >= 11 is 0. The second kappa shape index (κ2) is 16.2. The number of hydrogen-bond donors (Lipinski definition) is 8. The van der Waals surface area contributed by atoms with Gasteiger partial charge in [0, 0.05) is 13.0 Å². The van der Waals surface area contributed by atoms with Crippen LogP contribution in [0.4, 0.5) is 0 Å². The Morgan fingerprint density at radius 2 is 1.53 bits per heavy atom. The topological polar surface area (TPSA) is 235 Å². The molecule has 0 aliphatic carbocycles. The lowest BCUT2D eigenvalue weighted by atomic mass is 10.0. The fourth-order valence-electron chi connectivity index (χ4n) is 3.60. The Bertz CT molecular complexity index is 951. The summed E-state index contributed by atoms with van der Waals surface area (Å²) in [5.41, 5.74) is 17.1. The second-order valence-electron chi connectivity index (χ2n) is 9.56. The van der Waals surface area contributed by atoms with Crippen molar-refractivity contribution in [2.75, 3.05) is 6.54 Å². The van der Waals surface area contributed by atoms with Crippen molar-refractivity contribution >= 4 is 29.7 Å². The number of benzene rings is 1. The molecule has 13 nitrogen and oxygen atoms in total. The molecule has 0 saturated carbocycles. The lowest BCUT2D eigenvalue weighted by Gasteiger charge is -2.27. The number of aliphatic carboxylic acids is 1. The summed E-state index contributed by atoms with van der Waals surface area (Å²) in [6, 6.07) is 4.09. The Kier molecular flexibility index (Phi) is 13.8. The average molecular weight is 536 g/mol. The maximum atomic E-state index is 13.1. The van der Waals surface area contributed by atoms with Crippen LogP contribution in [0.1, 0.15) is 45.6 Å². The second-order valence-corrected chi connectivity index (χ2v) is 9.56. The zero-order valence-corrected chi connectivity index (χ0v) is 22.1. The fraction of sp³-hybridized carbons (Fsp3) is 0.560. The zero-order valence-electron chi connectivity index (χ0n) is 22.1. The first kappa shape index (κ1) is 32.3. The fourth-order valence-corrected chi connectivity index (χ4v) is 3.60. The Hall–Kier alpha value is -3.71. The number of carboxylic acids is 1. The molecule has 1 aromatic rings. The van der Waals surface area contributed by atoms with Crippen molar-refractivity contribution < 1.29 is 29.4 Å². The van der Waals surface area contributed by atoms with E-state index in [1.54, 1.807) is 30.3 Å². The van der Waals surface area contributed by atoms with Crippen LogP contribution >= 0.6 is 0 Å². The van der Waals surface area contributed by atoms with Gasteiger partial charge in [0.25, 0.3) is 0 Å². The van der Waals surface area contributed by atoms with Gasteiger partial charge in [-0.05, 0) is 37.7 Å². The lowest BCUT2D eigenvalue weighted by molar-refractivity contribution is -0.143. The van der Waals surface area contributed by atoms with E-state index in [9.17, 15) is 29.4 Å². The van der Waals surface area contributed by atoms with E-state index >= 15 is 0 Å². The molecule has 5 unspecified atom stereocenters. The molecule has 0 aliphatic rings. The number of aliphatic hydroxyl groups is 1. The molecule has 0 aliphatic heterocycles. The molecule has 3 amide bonds.